The number of hydrogen-bond donors (Lipinski definition) is 0. The molecule has 9 rings (SSSR count). The van der Waals surface area contributed by atoms with Crippen LogP contribution in [0.2, 0.25) is 0 Å². The number of benzene rings is 7. The van der Waals surface area contributed by atoms with Crippen LogP contribution in [0.4, 0.5) is 17.1 Å². The average Bonchev–Trinajstić information content (AvgIpc) is 3.61. The van der Waals surface area contributed by atoms with Gasteiger partial charge in [0.2, 0.25) is 0 Å². The Bertz CT molecular complexity index is 2440. The highest BCUT2D eigenvalue weighted by molar-refractivity contribution is 6.09. The third kappa shape index (κ3) is 4.88. The molecule has 234 valence electrons. The van der Waals surface area contributed by atoms with Crippen molar-refractivity contribution in [2.24, 2.45) is 0 Å². The van der Waals surface area contributed by atoms with E-state index in [2.05, 4.69) is 205 Å². The van der Waals surface area contributed by atoms with Crippen molar-refractivity contribution in [1.29, 1.82) is 0 Å². The molecule has 49 heavy (non-hydrogen) atoms. The Morgan fingerprint density at radius 1 is 0.449 bits per heavy atom. The molecule has 0 bridgehead atoms. The van der Waals surface area contributed by atoms with Gasteiger partial charge in [-0.05, 0) is 94.0 Å². The SMILES string of the molecule is CC1(C)c2ccccc2-c2ccc(N(c3ccc(/C=C/c4ccccc4)cc3)c3ccc(-n4c5ccccc5c5ccccc54)cc3)cc21. The molecule has 0 N–H and O–H groups in total. The molecule has 0 unspecified atom stereocenters. The van der Waals surface area contributed by atoms with E-state index in [4.69, 9.17) is 0 Å². The molecular formula is C47H36N2. The van der Waals surface area contributed by atoms with E-state index < -0.39 is 0 Å². The van der Waals surface area contributed by atoms with Gasteiger partial charge in [-0.2, -0.15) is 0 Å². The first-order valence-electron chi connectivity index (χ1n) is 17.0. The van der Waals surface area contributed by atoms with Crippen LogP contribution < -0.4 is 4.90 Å². The molecule has 0 atom stereocenters. The minimum absolute atomic E-state index is 0.0832. The van der Waals surface area contributed by atoms with E-state index in [0.29, 0.717) is 0 Å². The molecule has 0 saturated heterocycles. The number of fused-ring (bicyclic) bond motifs is 6. The summed E-state index contributed by atoms with van der Waals surface area (Å²) in [5.74, 6) is 0. The number of nitrogens with zero attached hydrogens (tertiary/aromatic N) is 2. The van der Waals surface area contributed by atoms with Crippen LogP contribution >= 0.6 is 0 Å². The smallest absolute Gasteiger partial charge is 0.0541 e. The second kappa shape index (κ2) is 11.5. The van der Waals surface area contributed by atoms with Crippen molar-refractivity contribution in [2.45, 2.75) is 19.3 Å². The van der Waals surface area contributed by atoms with Crippen molar-refractivity contribution in [1.82, 2.24) is 4.57 Å². The zero-order chi connectivity index (χ0) is 33.0. The minimum atomic E-state index is -0.0832. The summed E-state index contributed by atoms with van der Waals surface area (Å²) in [7, 11) is 0. The lowest BCUT2D eigenvalue weighted by atomic mass is 9.82. The van der Waals surface area contributed by atoms with Gasteiger partial charge in [-0.15, -0.1) is 0 Å². The third-order valence-electron chi connectivity index (χ3n) is 10.2. The summed E-state index contributed by atoms with van der Waals surface area (Å²) < 4.78 is 2.38. The molecule has 0 saturated carbocycles. The van der Waals surface area contributed by atoms with Gasteiger partial charge in [-0.3, -0.25) is 0 Å². The van der Waals surface area contributed by atoms with Gasteiger partial charge < -0.3 is 9.47 Å². The highest BCUT2D eigenvalue weighted by Crippen LogP contribution is 2.50. The van der Waals surface area contributed by atoms with Gasteiger partial charge in [0.15, 0.2) is 0 Å². The third-order valence-corrected chi connectivity index (χ3v) is 10.2. The zero-order valence-electron chi connectivity index (χ0n) is 27.7. The maximum absolute atomic E-state index is 2.40. The maximum Gasteiger partial charge on any atom is 0.0541 e. The van der Waals surface area contributed by atoms with Crippen LogP contribution in [0.3, 0.4) is 0 Å². The molecule has 0 spiro atoms. The molecule has 1 aliphatic rings. The van der Waals surface area contributed by atoms with E-state index in [0.717, 1.165) is 22.7 Å². The predicted octanol–water partition coefficient (Wildman–Crippen LogP) is 12.7. The molecule has 0 aliphatic heterocycles. The van der Waals surface area contributed by atoms with E-state index in [1.165, 1.54) is 55.2 Å². The highest BCUT2D eigenvalue weighted by atomic mass is 15.1. The summed E-state index contributed by atoms with van der Waals surface area (Å²) in [5, 5.41) is 2.54. The molecule has 7 aromatic carbocycles. The first-order chi connectivity index (χ1) is 24.1. The van der Waals surface area contributed by atoms with E-state index in [9.17, 15) is 0 Å². The van der Waals surface area contributed by atoms with Crippen LogP contribution in [0.1, 0.15) is 36.1 Å². The second-order valence-corrected chi connectivity index (χ2v) is 13.5. The molecule has 1 aliphatic carbocycles. The lowest BCUT2D eigenvalue weighted by Crippen LogP contribution is -2.16. The molecule has 0 amide bonds. The van der Waals surface area contributed by atoms with Crippen LogP contribution in [0.5, 0.6) is 0 Å². The number of aromatic nitrogens is 1. The van der Waals surface area contributed by atoms with Crippen LogP contribution in [0.15, 0.2) is 170 Å². The lowest BCUT2D eigenvalue weighted by Gasteiger charge is -2.28. The molecular weight excluding hydrogens is 593 g/mol. The van der Waals surface area contributed by atoms with Crippen molar-refractivity contribution >= 4 is 51.0 Å². The Labute approximate surface area is 287 Å². The Morgan fingerprint density at radius 3 is 1.63 bits per heavy atom. The summed E-state index contributed by atoms with van der Waals surface area (Å²) in [5.41, 5.74) is 14.7. The van der Waals surface area contributed by atoms with Gasteiger partial charge in [0.05, 0.1) is 11.0 Å². The quantitative estimate of drug-likeness (QED) is 0.166. The molecule has 1 heterocycles. The molecule has 2 heteroatoms. The maximum atomic E-state index is 2.40. The standard InChI is InChI=1S/C47H36N2/c1-47(2)43-17-9-6-14-39(43)40-31-30-38(32-44(40)47)48(35-24-22-34(23-25-35)21-20-33-12-4-3-5-13-33)36-26-28-37(29-27-36)49-45-18-10-7-15-41(45)42-16-8-11-19-46(42)49/h3-32H,1-2H3/b21-20+. The fourth-order valence-corrected chi connectivity index (χ4v) is 7.72. The largest absolute Gasteiger partial charge is 0.310 e. The van der Waals surface area contributed by atoms with Crippen LogP contribution in [-0.2, 0) is 5.41 Å². The van der Waals surface area contributed by atoms with Crippen LogP contribution in [-0.4, -0.2) is 4.57 Å². The van der Waals surface area contributed by atoms with Gasteiger partial charge in [0, 0.05) is 38.9 Å². The normalized spacial score (nSPS) is 13.2. The number of rotatable bonds is 6. The van der Waals surface area contributed by atoms with E-state index in [-0.39, 0.29) is 5.41 Å². The number of hydrogen-bond acceptors (Lipinski definition) is 1. The zero-order valence-corrected chi connectivity index (χ0v) is 27.7. The lowest BCUT2D eigenvalue weighted by molar-refractivity contribution is 0.660. The first kappa shape index (κ1) is 29.1. The van der Waals surface area contributed by atoms with Gasteiger partial charge in [0.25, 0.3) is 0 Å². The summed E-state index contributed by atoms with van der Waals surface area (Å²) >= 11 is 0. The molecule has 0 fully saturated rings. The summed E-state index contributed by atoms with van der Waals surface area (Å²) in [4.78, 5) is 2.39. The number of anilines is 3. The van der Waals surface area contributed by atoms with Crippen LogP contribution in [0, 0.1) is 0 Å². The summed E-state index contributed by atoms with van der Waals surface area (Å²) in [6, 6.07) is 61.6. The summed E-state index contributed by atoms with van der Waals surface area (Å²) in [6.45, 7) is 4.69. The molecule has 8 aromatic rings. The monoisotopic (exact) mass is 628 g/mol. The topological polar surface area (TPSA) is 8.17 Å². The van der Waals surface area contributed by atoms with Gasteiger partial charge in [0.1, 0.15) is 0 Å². The Hall–Kier alpha value is -6.12. The Kier molecular flexibility index (Phi) is 6.84. The van der Waals surface area contributed by atoms with Crippen molar-refractivity contribution in [3.63, 3.8) is 0 Å². The average molecular weight is 629 g/mol. The fourth-order valence-electron chi connectivity index (χ4n) is 7.72. The fraction of sp³-hybridized carbons (Fsp3) is 0.0638. The van der Waals surface area contributed by atoms with Crippen molar-refractivity contribution in [3.05, 3.63) is 192 Å². The van der Waals surface area contributed by atoms with E-state index >= 15 is 0 Å². The first-order valence-corrected chi connectivity index (χ1v) is 17.0. The van der Waals surface area contributed by atoms with Gasteiger partial charge in [-0.25, -0.2) is 0 Å². The predicted molar refractivity (Wildman–Crippen MR) is 208 cm³/mol. The van der Waals surface area contributed by atoms with Gasteiger partial charge >= 0.3 is 0 Å². The van der Waals surface area contributed by atoms with Crippen molar-refractivity contribution in [3.8, 4) is 16.8 Å². The van der Waals surface area contributed by atoms with Crippen LogP contribution in [0.25, 0.3) is 50.8 Å². The second-order valence-electron chi connectivity index (χ2n) is 13.5. The highest BCUT2D eigenvalue weighted by Gasteiger charge is 2.35. The Balaban J connectivity index is 1.15. The van der Waals surface area contributed by atoms with Crippen molar-refractivity contribution in [2.75, 3.05) is 4.90 Å². The van der Waals surface area contributed by atoms with Gasteiger partial charge in [-0.1, -0.05) is 135 Å². The Morgan fingerprint density at radius 2 is 0.959 bits per heavy atom. The minimum Gasteiger partial charge on any atom is -0.310 e. The molecule has 1 aromatic heterocycles. The van der Waals surface area contributed by atoms with E-state index in [1.54, 1.807) is 0 Å². The van der Waals surface area contributed by atoms with E-state index in [1.807, 2.05) is 0 Å². The molecule has 2 nitrogen and oxygen atoms in total. The van der Waals surface area contributed by atoms with Crippen molar-refractivity contribution < 1.29 is 0 Å². The number of para-hydroxylation sites is 2. The summed E-state index contributed by atoms with van der Waals surface area (Å²) in [6.07, 6.45) is 4.35. The molecule has 0 radical (unpaired) electrons.